The highest BCUT2D eigenvalue weighted by Crippen LogP contribution is 2.33. The average molecular weight is 251 g/mol. The van der Waals surface area contributed by atoms with E-state index in [1.165, 1.54) is 6.07 Å². The smallest absolute Gasteiger partial charge is 0.206 e. The first-order valence-corrected chi connectivity index (χ1v) is 4.22. The van der Waals surface area contributed by atoms with E-state index in [0.717, 1.165) is 0 Å². The Morgan fingerprint density at radius 1 is 1.27 bits per heavy atom. The summed E-state index contributed by atoms with van der Waals surface area (Å²) in [5, 5.41) is 0.914. The molecule has 0 saturated heterocycles. The summed E-state index contributed by atoms with van der Waals surface area (Å²) in [6.07, 6.45) is 0. The van der Waals surface area contributed by atoms with Crippen LogP contribution in [0.2, 0.25) is 10.0 Å². The van der Waals surface area contributed by atoms with Crippen molar-refractivity contribution in [1.29, 1.82) is 0 Å². The monoisotopic (exact) mass is 249 g/mol. The highest BCUT2D eigenvalue weighted by Gasteiger charge is 2.03. The topological polar surface area (TPSA) is 4.36 Å². The molecule has 0 atom stereocenters. The first-order chi connectivity index (χ1) is 5.15. The number of halogens is 3. The van der Waals surface area contributed by atoms with E-state index in [9.17, 15) is 0 Å². The van der Waals surface area contributed by atoms with Crippen LogP contribution in [0, 0.1) is 6.57 Å². The van der Waals surface area contributed by atoms with Gasteiger partial charge in [-0.3, -0.25) is 0 Å². The molecule has 1 aromatic rings. The van der Waals surface area contributed by atoms with Gasteiger partial charge in [-0.2, -0.15) is 0 Å². The van der Waals surface area contributed by atoms with Gasteiger partial charge in [-0.25, -0.2) is 4.85 Å². The van der Waals surface area contributed by atoms with Crippen LogP contribution in [-0.2, 0) is 0 Å². The minimum absolute atomic E-state index is 0.375. The zero-order valence-corrected chi connectivity index (χ0v) is 8.33. The third-order valence-electron chi connectivity index (χ3n) is 1.11. The molecule has 0 aliphatic heterocycles. The Bertz CT molecular complexity index is 330. The molecule has 0 amide bonds. The summed E-state index contributed by atoms with van der Waals surface area (Å²) >= 11 is 14.6. The Morgan fingerprint density at radius 2 is 1.91 bits per heavy atom. The molecule has 1 rings (SSSR count). The Balaban J connectivity index is 3.35. The van der Waals surface area contributed by atoms with Crippen molar-refractivity contribution >= 4 is 44.8 Å². The van der Waals surface area contributed by atoms with Crippen molar-refractivity contribution in [2.24, 2.45) is 0 Å². The molecule has 0 aliphatic rings. The Labute approximate surface area is 82.9 Å². The lowest BCUT2D eigenvalue weighted by Crippen LogP contribution is -1.70. The van der Waals surface area contributed by atoms with E-state index < -0.39 is 0 Å². The van der Waals surface area contributed by atoms with Gasteiger partial charge in [0, 0.05) is 14.5 Å². The highest BCUT2D eigenvalue weighted by atomic mass is 79.9. The number of rotatable bonds is 0. The molecular weight excluding hydrogens is 249 g/mol. The summed E-state index contributed by atoms with van der Waals surface area (Å²) < 4.78 is 0.705. The molecule has 4 heteroatoms. The second-order valence-electron chi connectivity index (χ2n) is 1.83. The number of nitrogens with zero attached hydrogens (tertiary/aromatic N) is 1. The molecule has 0 spiro atoms. The van der Waals surface area contributed by atoms with Gasteiger partial charge in [0.15, 0.2) is 0 Å². The molecule has 0 N–H and O–H groups in total. The van der Waals surface area contributed by atoms with Crippen LogP contribution >= 0.6 is 39.1 Å². The lowest BCUT2D eigenvalue weighted by molar-refractivity contribution is 1.65. The van der Waals surface area contributed by atoms with Crippen LogP contribution in [0.5, 0.6) is 0 Å². The van der Waals surface area contributed by atoms with Crippen molar-refractivity contribution in [2.45, 2.75) is 0 Å². The van der Waals surface area contributed by atoms with Gasteiger partial charge in [0.05, 0.1) is 6.57 Å². The molecule has 0 aromatic heterocycles. The van der Waals surface area contributed by atoms with E-state index in [-0.39, 0.29) is 0 Å². The summed E-state index contributed by atoms with van der Waals surface area (Å²) in [6.45, 7) is 6.72. The minimum Gasteiger partial charge on any atom is -0.237 e. The Kier molecular flexibility index (Phi) is 2.78. The number of hydrogen-bond donors (Lipinski definition) is 0. The van der Waals surface area contributed by atoms with Crippen LogP contribution in [0.4, 0.5) is 5.69 Å². The molecular formula is C7H2BrCl2N. The van der Waals surface area contributed by atoms with E-state index in [1.807, 2.05) is 0 Å². The van der Waals surface area contributed by atoms with Crippen molar-refractivity contribution in [3.63, 3.8) is 0 Å². The van der Waals surface area contributed by atoms with E-state index in [2.05, 4.69) is 20.8 Å². The second-order valence-corrected chi connectivity index (χ2v) is 3.50. The fourth-order valence-electron chi connectivity index (χ4n) is 0.598. The molecule has 0 radical (unpaired) electrons. The van der Waals surface area contributed by atoms with Gasteiger partial charge in [0.25, 0.3) is 0 Å². The van der Waals surface area contributed by atoms with Crippen molar-refractivity contribution in [1.82, 2.24) is 0 Å². The predicted octanol–water partition coefficient (Wildman–Crippen LogP) is 4.31. The molecule has 0 unspecified atom stereocenters. The normalized spacial score (nSPS) is 9.27. The van der Waals surface area contributed by atoms with E-state index >= 15 is 0 Å². The van der Waals surface area contributed by atoms with Crippen molar-refractivity contribution in [3.8, 4) is 0 Å². The average Bonchev–Trinajstić information content (AvgIpc) is 1.97. The minimum atomic E-state index is 0.375. The first kappa shape index (κ1) is 8.86. The van der Waals surface area contributed by atoms with E-state index in [0.29, 0.717) is 20.2 Å². The van der Waals surface area contributed by atoms with Gasteiger partial charge in [-0.1, -0.05) is 23.2 Å². The molecule has 0 fully saturated rings. The van der Waals surface area contributed by atoms with Gasteiger partial charge in [-0.15, -0.1) is 0 Å². The largest absolute Gasteiger partial charge is 0.237 e. The lowest BCUT2D eigenvalue weighted by atomic mass is 10.3. The second kappa shape index (κ2) is 3.44. The van der Waals surface area contributed by atoms with Crippen LogP contribution in [0.3, 0.4) is 0 Å². The maximum Gasteiger partial charge on any atom is 0.206 e. The fraction of sp³-hybridized carbons (Fsp3) is 0. The van der Waals surface area contributed by atoms with E-state index in [4.69, 9.17) is 29.8 Å². The molecule has 11 heavy (non-hydrogen) atoms. The van der Waals surface area contributed by atoms with Crippen LogP contribution in [0.1, 0.15) is 0 Å². The standard InChI is InChI=1S/C7H2BrCl2N/c1-11-7-3-5(9)4(8)2-6(7)10/h2-3H. The zero-order valence-electron chi connectivity index (χ0n) is 5.24. The summed E-state index contributed by atoms with van der Waals surface area (Å²) in [5.41, 5.74) is 0.375. The summed E-state index contributed by atoms with van der Waals surface area (Å²) in [4.78, 5) is 3.18. The maximum absolute atomic E-state index is 6.72. The van der Waals surface area contributed by atoms with Gasteiger partial charge in [-0.05, 0) is 28.1 Å². The van der Waals surface area contributed by atoms with Gasteiger partial charge < -0.3 is 0 Å². The van der Waals surface area contributed by atoms with Crippen molar-refractivity contribution in [2.75, 3.05) is 0 Å². The predicted molar refractivity (Wildman–Crippen MR) is 50.4 cm³/mol. The van der Waals surface area contributed by atoms with Gasteiger partial charge in [0.1, 0.15) is 0 Å². The van der Waals surface area contributed by atoms with Crippen molar-refractivity contribution in [3.05, 3.63) is 38.1 Å². The molecule has 0 aliphatic carbocycles. The maximum atomic E-state index is 6.72. The molecule has 1 aromatic carbocycles. The first-order valence-electron chi connectivity index (χ1n) is 2.67. The SMILES string of the molecule is [C-]#[N+]c1cc(Cl)c(Br)cc1Cl. The molecule has 0 bridgehead atoms. The molecule has 1 nitrogen and oxygen atoms in total. The van der Waals surface area contributed by atoms with Gasteiger partial charge in [0.2, 0.25) is 5.69 Å². The Morgan fingerprint density at radius 3 is 2.45 bits per heavy atom. The lowest BCUT2D eigenvalue weighted by Gasteiger charge is -1.97. The third-order valence-corrected chi connectivity index (χ3v) is 2.61. The number of benzene rings is 1. The Hall–Kier alpha value is -0.230. The number of hydrogen-bond acceptors (Lipinski definition) is 0. The summed E-state index contributed by atoms with van der Waals surface area (Å²) in [7, 11) is 0. The molecule has 0 heterocycles. The molecule has 0 saturated carbocycles. The van der Waals surface area contributed by atoms with Crippen LogP contribution < -0.4 is 0 Å². The zero-order chi connectivity index (χ0) is 8.43. The quantitative estimate of drug-likeness (QED) is 0.478. The third kappa shape index (κ3) is 1.87. The molecule has 56 valence electrons. The van der Waals surface area contributed by atoms with Crippen LogP contribution in [0.15, 0.2) is 16.6 Å². The summed E-state index contributed by atoms with van der Waals surface area (Å²) in [5.74, 6) is 0. The fourth-order valence-corrected chi connectivity index (χ4v) is 1.44. The van der Waals surface area contributed by atoms with E-state index in [1.54, 1.807) is 6.07 Å². The summed E-state index contributed by atoms with van der Waals surface area (Å²) in [6, 6.07) is 3.14. The van der Waals surface area contributed by atoms with Crippen LogP contribution in [0.25, 0.3) is 4.85 Å². The highest BCUT2D eigenvalue weighted by molar-refractivity contribution is 9.10. The van der Waals surface area contributed by atoms with Gasteiger partial charge >= 0.3 is 0 Å². The van der Waals surface area contributed by atoms with Crippen molar-refractivity contribution < 1.29 is 0 Å². The van der Waals surface area contributed by atoms with Crippen LogP contribution in [-0.4, -0.2) is 0 Å².